The average molecular weight is 778 g/mol. The first-order valence-electron chi connectivity index (χ1n) is 18.2. The van der Waals surface area contributed by atoms with Gasteiger partial charge in [-0.3, -0.25) is 23.6 Å². The Morgan fingerprint density at radius 3 is 2.38 bits per heavy atom. The van der Waals surface area contributed by atoms with Crippen molar-refractivity contribution in [3.63, 3.8) is 0 Å². The first-order valence-corrected chi connectivity index (χ1v) is 20.0. The lowest BCUT2D eigenvalue weighted by molar-refractivity contribution is -0.143. The number of nitrogens with one attached hydrogen (secondary N) is 3. The number of fused-ring (bicyclic) bond motifs is 1. The Bertz CT molecular complexity index is 1860. The molecule has 5 atom stereocenters. The van der Waals surface area contributed by atoms with Gasteiger partial charge in [-0.2, -0.15) is 8.42 Å². The number of carbonyl (C=O) groups excluding carboxylic acids is 4. The molecule has 2 heterocycles. The third-order valence-electron chi connectivity index (χ3n) is 10.4. The van der Waals surface area contributed by atoms with Gasteiger partial charge in [0.15, 0.2) is 0 Å². The van der Waals surface area contributed by atoms with Crippen LogP contribution in [0.1, 0.15) is 85.5 Å². The molecule has 4 fully saturated rings. The molecule has 3 saturated carbocycles. The summed E-state index contributed by atoms with van der Waals surface area (Å²) in [5.41, 5.74) is -1.89. The summed E-state index contributed by atoms with van der Waals surface area (Å²) in [6.07, 6.45) is 4.64. The molecule has 17 heteroatoms. The predicted molar refractivity (Wildman–Crippen MR) is 193 cm³/mol. The van der Waals surface area contributed by atoms with Crippen LogP contribution >= 0.6 is 11.6 Å². The van der Waals surface area contributed by atoms with E-state index in [-0.39, 0.29) is 31.4 Å². The first kappa shape index (κ1) is 38.8. The van der Waals surface area contributed by atoms with Crippen LogP contribution in [0.2, 0.25) is 5.02 Å². The zero-order chi connectivity index (χ0) is 38.3. The Morgan fingerprint density at radius 2 is 1.75 bits per heavy atom. The molecule has 6 rings (SSSR count). The van der Waals surface area contributed by atoms with Crippen LogP contribution in [-0.4, -0.2) is 91.7 Å². The van der Waals surface area contributed by atoms with E-state index >= 15 is 0 Å². The van der Waals surface area contributed by atoms with Crippen LogP contribution in [0.4, 0.5) is 4.79 Å². The second kappa shape index (κ2) is 15.1. The minimum atomic E-state index is -4.40. The van der Waals surface area contributed by atoms with E-state index in [1.807, 2.05) is 11.6 Å². The van der Waals surface area contributed by atoms with Gasteiger partial charge in [-0.25, -0.2) is 9.52 Å². The number of alkyl carbamates (subject to hydrolysis) is 1. The van der Waals surface area contributed by atoms with E-state index in [2.05, 4.69) is 15.6 Å². The summed E-state index contributed by atoms with van der Waals surface area (Å²) in [6, 6.07) is 2.85. The molecule has 2 aromatic rings. The van der Waals surface area contributed by atoms with Crippen LogP contribution in [-0.2, 0) is 33.6 Å². The summed E-state index contributed by atoms with van der Waals surface area (Å²) < 4.78 is 49.6. The summed E-state index contributed by atoms with van der Waals surface area (Å²) >= 11 is 6.54. The van der Waals surface area contributed by atoms with E-state index < -0.39 is 69.4 Å². The number of hydrogen-bond donors (Lipinski definition) is 3. The van der Waals surface area contributed by atoms with Gasteiger partial charge < -0.3 is 29.7 Å². The molecular formula is C36H48ClN5O10S. The Kier molecular flexibility index (Phi) is 11.1. The number of amides is 4. The van der Waals surface area contributed by atoms with Gasteiger partial charge in [-0.05, 0) is 74.5 Å². The zero-order valence-electron chi connectivity index (χ0n) is 30.6. The van der Waals surface area contributed by atoms with E-state index in [1.54, 1.807) is 39.0 Å². The Hall–Kier alpha value is -3.89. The number of rotatable bonds is 13. The van der Waals surface area contributed by atoms with Crippen molar-refractivity contribution < 1.29 is 46.0 Å². The Morgan fingerprint density at radius 1 is 1.04 bits per heavy atom. The molecular weight excluding hydrogens is 730 g/mol. The molecule has 0 unspecified atom stereocenters. The average Bonchev–Trinajstić information content (AvgIpc) is 3.92. The smallest absolute Gasteiger partial charge is 0.408 e. The van der Waals surface area contributed by atoms with Gasteiger partial charge in [0.25, 0.3) is 5.91 Å². The number of pyridine rings is 1. The molecule has 0 radical (unpaired) electrons. The van der Waals surface area contributed by atoms with Gasteiger partial charge in [0, 0.05) is 18.0 Å². The van der Waals surface area contributed by atoms with Crippen LogP contribution < -0.4 is 24.8 Å². The lowest BCUT2D eigenvalue weighted by Crippen LogP contribution is -2.60. The predicted octanol–water partition coefficient (Wildman–Crippen LogP) is 4.15. The van der Waals surface area contributed by atoms with Crippen LogP contribution in [0.15, 0.2) is 24.4 Å². The van der Waals surface area contributed by atoms with Crippen molar-refractivity contribution in [3.05, 3.63) is 29.4 Å². The van der Waals surface area contributed by atoms with Gasteiger partial charge in [0.2, 0.25) is 11.8 Å². The largest absolute Gasteiger partial charge is 0.495 e. The molecule has 15 nitrogen and oxygen atoms in total. The molecule has 1 aliphatic heterocycles. The van der Waals surface area contributed by atoms with Crippen LogP contribution in [0.3, 0.4) is 0 Å². The number of benzene rings is 1. The van der Waals surface area contributed by atoms with Crippen molar-refractivity contribution in [2.24, 2.45) is 11.3 Å². The number of nitrogens with zero attached hydrogens (tertiary/aromatic N) is 2. The fourth-order valence-electron chi connectivity index (χ4n) is 7.26. The van der Waals surface area contributed by atoms with Crippen LogP contribution in [0.5, 0.6) is 11.5 Å². The first-order chi connectivity index (χ1) is 25.0. The molecule has 1 saturated heterocycles. The Balaban J connectivity index is 1.27. The number of aromatic nitrogens is 1. The van der Waals surface area contributed by atoms with Crippen molar-refractivity contribution >= 4 is 56.6 Å². The summed E-state index contributed by atoms with van der Waals surface area (Å²) in [7, 11) is -2.90. The van der Waals surface area contributed by atoms with E-state index in [4.69, 9.17) is 30.0 Å². The van der Waals surface area contributed by atoms with E-state index in [9.17, 15) is 27.6 Å². The number of methoxy groups -OCH3 is 1. The highest BCUT2D eigenvalue weighted by Crippen LogP contribution is 2.47. The summed E-state index contributed by atoms with van der Waals surface area (Å²) in [5, 5.41) is 6.46. The van der Waals surface area contributed by atoms with E-state index in [1.165, 1.54) is 18.2 Å². The van der Waals surface area contributed by atoms with Crippen molar-refractivity contribution in [2.45, 2.75) is 121 Å². The SMILES string of the molecule is CC[C@@H]1C[C@]1(NC(=O)[C@@H]1C[C@@H](Oc2ccnc3c(Cl)c(OC)ccc23)CN1C(=O)[C@@H](NC(=O)OC1CCCC1)C(C)(C)C)C(=O)NS(=O)(=O)OC1CC1. The van der Waals surface area contributed by atoms with E-state index in [0.29, 0.717) is 46.7 Å². The Labute approximate surface area is 314 Å². The van der Waals surface area contributed by atoms with Crippen molar-refractivity contribution in [3.8, 4) is 11.5 Å². The minimum Gasteiger partial charge on any atom is -0.495 e. The van der Waals surface area contributed by atoms with Gasteiger partial charge in [0.05, 0.1) is 25.3 Å². The summed E-state index contributed by atoms with van der Waals surface area (Å²) in [6.45, 7) is 7.18. The lowest BCUT2D eigenvalue weighted by Gasteiger charge is -2.35. The maximum Gasteiger partial charge on any atom is 0.408 e. The van der Waals surface area contributed by atoms with Gasteiger partial charge in [-0.15, -0.1) is 0 Å². The third-order valence-corrected chi connectivity index (χ3v) is 11.8. The summed E-state index contributed by atoms with van der Waals surface area (Å²) in [5.74, 6) is -1.61. The van der Waals surface area contributed by atoms with Crippen LogP contribution in [0, 0.1) is 11.3 Å². The van der Waals surface area contributed by atoms with Gasteiger partial charge in [0.1, 0.15) is 46.4 Å². The second-order valence-corrected chi connectivity index (χ2v) is 17.2. The molecule has 1 aromatic heterocycles. The second-order valence-electron chi connectivity index (χ2n) is 15.5. The monoisotopic (exact) mass is 777 g/mol. The van der Waals surface area contributed by atoms with Gasteiger partial charge >= 0.3 is 16.4 Å². The molecule has 3 aliphatic carbocycles. The molecule has 4 amide bonds. The topological polar surface area (TPSA) is 192 Å². The molecule has 1 aromatic carbocycles. The normalized spacial score (nSPS) is 25.1. The fraction of sp³-hybridized carbons (Fsp3) is 0.639. The van der Waals surface area contributed by atoms with Gasteiger partial charge in [-0.1, -0.05) is 45.7 Å². The standard InChI is InChI=1S/C36H48ClN5O10S/c1-6-20-18-36(20,33(45)41-53(47,48)52-22-11-12-22)40-31(43)25-17-23(50-26-15-16-38-29-24(26)13-14-27(49-5)28(29)37)19-42(25)32(44)30(35(2,3)4)39-34(46)51-21-9-7-8-10-21/h13-16,20-23,25,30H,6-12,17-19H2,1-5H3,(H,39,46)(H,40,43)(H,41,45)/t20-,23-,25+,30-,36-/m1/s1. The maximum atomic E-state index is 14.5. The molecule has 290 valence electrons. The lowest BCUT2D eigenvalue weighted by atomic mass is 9.85. The highest BCUT2D eigenvalue weighted by molar-refractivity contribution is 7.85. The summed E-state index contributed by atoms with van der Waals surface area (Å²) in [4.78, 5) is 61.2. The molecule has 0 spiro atoms. The molecule has 4 aliphatic rings. The third kappa shape index (κ3) is 8.59. The molecule has 0 bridgehead atoms. The highest BCUT2D eigenvalue weighted by Gasteiger charge is 2.62. The molecule has 53 heavy (non-hydrogen) atoms. The number of ether oxygens (including phenoxy) is 3. The van der Waals surface area contributed by atoms with Crippen molar-refractivity contribution in [1.29, 1.82) is 0 Å². The number of halogens is 1. The number of hydrogen-bond acceptors (Lipinski definition) is 11. The maximum absolute atomic E-state index is 14.5. The number of likely N-dealkylation sites (tertiary alicyclic amines) is 1. The van der Waals surface area contributed by atoms with E-state index in [0.717, 1.165) is 25.7 Å². The van der Waals surface area contributed by atoms with Crippen molar-refractivity contribution in [2.75, 3.05) is 13.7 Å². The zero-order valence-corrected chi connectivity index (χ0v) is 32.2. The quantitative estimate of drug-likeness (QED) is 0.265. The fourth-order valence-corrected chi connectivity index (χ4v) is 8.56. The highest BCUT2D eigenvalue weighted by atomic mass is 35.5. The minimum absolute atomic E-state index is 0.0201. The number of carbonyl (C=O) groups is 4. The van der Waals surface area contributed by atoms with Crippen molar-refractivity contribution in [1.82, 2.24) is 25.2 Å². The van der Waals surface area contributed by atoms with Crippen LogP contribution in [0.25, 0.3) is 10.9 Å². The molecule has 3 N–H and O–H groups in total.